The third kappa shape index (κ3) is 2.72. The lowest BCUT2D eigenvalue weighted by molar-refractivity contribution is 0.540. The molecule has 0 aliphatic carbocycles. The molecule has 3 heterocycles. The van der Waals surface area contributed by atoms with Gasteiger partial charge in [-0.2, -0.15) is 4.98 Å². The second-order valence-corrected chi connectivity index (χ2v) is 6.74. The average molecular weight is 366 g/mol. The molecule has 7 heteroatoms. The van der Waals surface area contributed by atoms with E-state index in [1.54, 1.807) is 0 Å². The first-order chi connectivity index (χ1) is 12.8. The van der Waals surface area contributed by atoms with Crippen LogP contribution in [0.3, 0.4) is 0 Å². The van der Waals surface area contributed by atoms with Crippen LogP contribution in [0.2, 0.25) is 5.02 Å². The number of oxazole rings is 1. The van der Waals surface area contributed by atoms with Gasteiger partial charge in [-0.1, -0.05) is 23.7 Å². The topological polar surface area (TPSA) is 58.3 Å². The third-order valence-electron chi connectivity index (χ3n) is 4.65. The summed E-state index contributed by atoms with van der Waals surface area (Å²) in [6, 6.07) is 14.1. The smallest absolute Gasteiger partial charge is 0.298 e. The lowest BCUT2D eigenvalue weighted by Gasteiger charge is -2.34. The van der Waals surface area contributed by atoms with Crippen LogP contribution in [0.4, 0.5) is 11.8 Å². The first-order valence-corrected chi connectivity index (χ1v) is 8.92. The Morgan fingerprint density at radius 1 is 0.846 bits per heavy atom. The Kier molecular flexibility index (Phi) is 3.64. The molecule has 0 unspecified atom stereocenters. The monoisotopic (exact) mass is 365 g/mol. The Labute approximate surface area is 155 Å². The highest BCUT2D eigenvalue weighted by atomic mass is 35.5. The van der Waals surface area contributed by atoms with Gasteiger partial charge in [0.15, 0.2) is 5.58 Å². The molecule has 0 radical (unpaired) electrons. The molecule has 1 aliphatic heterocycles. The SMILES string of the molecule is Clc1ccc2oc(N3CCN(c4cnc5ccccc5n4)CC3)nc2c1. The molecule has 0 spiro atoms. The minimum absolute atomic E-state index is 0.645. The van der Waals surface area contributed by atoms with Crippen molar-refractivity contribution in [2.75, 3.05) is 36.0 Å². The summed E-state index contributed by atoms with van der Waals surface area (Å²) in [7, 11) is 0. The van der Waals surface area contributed by atoms with Crippen molar-refractivity contribution in [1.82, 2.24) is 15.0 Å². The number of hydrogen-bond donors (Lipinski definition) is 0. The lowest BCUT2D eigenvalue weighted by atomic mass is 10.3. The molecule has 4 aromatic rings. The zero-order valence-corrected chi connectivity index (χ0v) is 14.7. The molecule has 1 aliphatic rings. The average Bonchev–Trinajstić information content (AvgIpc) is 3.11. The summed E-state index contributed by atoms with van der Waals surface area (Å²) < 4.78 is 5.87. The van der Waals surface area contributed by atoms with Crippen molar-refractivity contribution in [2.24, 2.45) is 0 Å². The molecule has 2 aromatic carbocycles. The normalized spacial score (nSPS) is 15.1. The van der Waals surface area contributed by atoms with Gasteiger partial charge in [-0.3, -0.25) is 4.98 Å². The van der Waals surface area contributed by atoms with Crippen LogP contribution in [-0.4, -0.2) is 41.1 Å². The lowest BCUT2D eigenvalue weighted by Crippen LogP contribution is -2.47. The van der Waals surface area contributed by atoms with Crippen molar-refractivity contribution < 1.29 is 4.42 Å². The van der Waals surface area contributed by atoms with Gasteiger partial charge in [-0.05, 0) is 30.3 Å². The molecule has 5 rings (SSSR count). The van der Waals surface area contributed by atoms with E-state index in [9.17, 15) is 0 Å². The van der Waals surface area contributed by atoms with E-state index in [1.165, 1.54) is 0 Å². The third-order valence-corrected chi connectivity index (χ3v) is 4.88. The van der Waals surface area contributed by atoms with Gasteiger partial charge in [0.25, 0.3) is 6.01 Å². The van der Waals surface area contributed by atoms with Crippen LogP contribution < -0.4 is 9.80 Å². The molecule has 0 bridgehead atoms. The van der Waals surface area contributed by atoms with Crippen LogP contribution in [0.15, 0.2) is 53.1 Å². The van der Waals surface area contributed by atoms with Crippen molar-refractivity contribution >= 4 is 45.6 Å². The maximum atomic E-state index is 6.03. The van der Waals surface area contributed by atoms with Gasteiger partial charge in [0.1, 0.15) is 11.3 Å². The number of piperazine rings is 1. The van der Waals surface area contributed by atoms with Crippen LogP contribution in [-0.2, 0) is 0 Å². The maximum Gasteiger partial charge on any atom is 0.298 e. The molecule has 2 aromatic heterocycles. The fraction of sp³-hybridized carbons (Fsp3) is 0.211. The standard InChI is InChI=1S/C19H16ClN5O/c20-13-5-6-17-16(11-13)23-19(26-17)25-9-7-24(8-10-25)18-12-21-14-3-1-2-4-15(14)22-18/h1-6,11-12H,7-10H2. The predicted octanol–water partition coefficient (Wildman–Crippen LogP) is 3.75. The number of fused-ring (bicyclic) bond motifs is 2. The Morgan fingerprint density at radius 2 is 1.62 bits per heavy atom. The number of nitrogens with zero attached hydrogens (tertiary/aromatic N) is 5. The highest BCUT2D eigenvalue weighted by Crippen LogP contribution is 2.26. The largest absolute Gasteiger partial charge is 0.423 e. The quantitative estimate of drug-likeness (QED) is 0.539. The number of benzene rings is 2. The number of anilines is 2. The zero-order valence-electron chi connectivity index (χ0n) is 14.0. The van der Waals surface area contributed by atoms with Crippen LogP contribution >= 0.6 is 11.6 Å². The van der Waals surface area contributed by atoms with E-state index in [0.29, 0.717) is 11.0 Å². The van der Waals surface area contributed by atoms with Crippen molar-refractivity contribution in [1.29, 1.82) is 0 Å². The summed E-state index contributed by atoms with van der Waals surface area (Å²) in [5, 5.41) is 0.664. The van der Waals surface area contributed by atoms with E-state index in [0.717, 1.165) is 54.1 Å². The van der Waals surface area contributed by atoms with E-state index in [-0.39, 0.29) is 0 Å². The minimum Gasteiger partial charge on any atom is -0.423 e. The molecule has 0 amide bonds. The Morgan fingerprint density at radius 3 is 2.46 bits per heavy atom. The Hall–Kier alpha value is -2.86. The van der Waals surface area contributed by atoms with E-state index in [1.807, 2.05) is 48.7 Å². The molecule has 0 saturated carbocycles. The van der Waals surface area contributed by atoms with Crippen LogP contribution in [0.1, 0.15) is 0 Å². The number of aromatic nitrogens is 3. The van der Waals surface area contributed by atoms with Gasteiger partial charge < -0.3 is 14.2 Å². The molecular formula is C19H16ClN5O. The number of rotatable bonds is 2. The van der Waals surface area contributed by atoms with Gasteiger partial charge in [0.2, 0.25) is 0 Å². The predicted molar refractivity (Wildman–Crippen MR) is 103 cm³/mol. The molecule has 0 atom stereocenters. The Balaban J connectivity index is 1.34. The number of hydrogen-bond acceptors (Lipinski definition) is 6. The first kappa shape index (κ1) is 15.4. The van der Waals surface area contributed by atoms with E-state index >= 15 is 0 Å². The van der Waals surface area contributed by atoms with Crippen LogP contribution in [0.25, 0.3) is 22.1 Å². The molecular weight excluding hydrogens is 350 g/mol. The summed E-state index contributed by atoms with van der Waals surface area (Å²) in [5.74, 6) is 0.910. The van der Waals surface area contributed by atoms with Gasteiger partial charge >= 0.3 is 0 Å². The summed E-state index contributed by atoms with van der Waals surface area (Å²) >= 11 is 6.03. The van der Waals surface area contributed by atoms with E-state index in [2.05, 4.69) is 19.8 Å². The molecule has 1 saturated heterocycles. The molecule has 130 valence electrons. The summed E-state index contributed by atoms with van der Waals surface area (Å²) in [4.78, 5) is 18.2. The van der Waals surface area contributed by atoms with E-state index < -0.39 is 0 Å². The van der Waals surface area contributed by atoms with Crippen LogP contribution in [0, 0.1) is 0 Å². The summed E-state index contributed by atoms with van der Waals surface area (Å²) in [5.41, 5.74) is 3.38. The molecule has 1 fully saturated rings. The van der Waals surface area contributed by atoms with Crippen LogP contribution in [0.5, 0.6) is 0 Å². The molecule has 6 nitrogen and oxygen atoms in total. The molecule has 26 heavy (non-hydrogen) atoms. The van der Waals surface area contributed by atoms with Crippen molar-refractivity contribution in [2.45, 2.75) is 0 Å². The van der Waals surface area contributed by atoms with Gasteiger partial charge in [0, 0.05) is 31.2 Å². The highest BCUT2D eigenvalue weighted by molar-refractivity contribution is 6.31. The Bertz CT molecular complexity index is 1090. The van der Waals surface area contributed by atoms with Gasteiger partial charge in [0.05, 0.1) is 17.2 Å². The zero-order chi connectivity index (χ0) is 17.5. The first-order valence-electron chi connectivity index (χ1n) is 8.54. The fourth-order valence-electron chi connectivity index (χ4n) is 3.25. The highest BCUT2D eigenvalue weighted by Gasteiger charge is 2.22. The second kappa shape index (κ2) is 6.14. The minimum atomic E-state index is 0.645. The fourth-order valence-corrected chi connectivity index (χ4v) is 3.42. The van der Waals surface area contributed by atoms with E-state index in [4.69, 9.17) is 21.0 Å². The number of para-hydroxylation sites is 2. The van der Waals surface area contributed by atoms with Crippen molar-refractivity contribution in [3.05, 3.63) is 53.7 Å². The number of halogens is 1. The molecule has 0 N–H and O–H groups in total. The van der Waals surface area contributed by atoms with Gasteiger partial charge in [-0.25, -0.2) is 4.98 Å². The second-order valence-electron chi connectivity index (χ2n) is 6.30. The maximum absolute atomic E-state index is 6.03. The summed E-state index contributed by atoms with van der Waals surface area (Å²) in [6.07, 6.45) is 1.85. The van der Waals surface area contributed by atoms with Crippen molar-refractivity contribution in [3.8, 4) is 0 Å². The van der Waals surface area contributed by atoms with Gasteiger partial charge in [-0.15, -0.1) is 0 Å². The summed E-state index contributed by atoms with van der Waals surface area (Å²) in [6.45, 7) is 3.31. The van der Waals surface area contributed by atoms with Crippen molar-refractivity contribution in [3.63, 3.8) is 0 Å².